The number of rotatable bonds is 4. The van der Waals surface area contributed by atoms with Crippen LogP contribution in [-0.4, -0.2) is 6.54 Å². The van der Waals surface area contributed by atoms with Crippen molar-refractivity contribution in [2.75, 3.05) is 6.54 Å². The van der Waals surface area contributed by atoms with Crippen LogP contribution in [0.15, 0.2) is 30.3 Å². The van der Waals surface area contributed by atoms with Crippen molar-refractivity contribution >= 4 is 11.3 Å². The minimum Gasteiger partial charge on any atom is -0.309 e. The summed E-state index contributed by atoms with van der Waals surface area (Å²) in [5, 5.41) is 3.74. The van der Waals surface area contributed by atoms with Gasteiger partial charge in [0.2, 0.25) is 0 Å². The second-order valence-electron chi connectivity index (χ2n) is 5.88. The van der Waals surface area contributed by atoms with Crippen LogP contribution in [0.4, 0.5) is 0 Å². The van der Waals surface area contributed by atoms with Crippen LogP contribution in [0.2, 0.25) is 0 Å². The number of fused-ring (bicyclic) bond motifs is 1. The Morgan fingerprint density at radius 2 is 1.85 bits per heavy atom. The molecule has 1 unspecified atom stereocenters. The summed E-state index contributed by atoms with van der Waals surface area (Å²) in [4.78, 5) is 2.97. The summed E-state index contributed by atoms with van der Waals surface area (Å²) in [6.45, 7) is 7.72. The fourth-order valence-electron chi connectivity index (χ4n) is 3.49. The van der Waals surface area contributed by atoms with Crippen molar-refractivity contribution in [2.24, 2.45) is 5.92 Å². The van der Waals surface area contributed by atoms with Gasteiger partial charge in [-0.25, -0.2) is 0 Å². The Hall–Kier alpha value is -1.12. The van der Waals surface area contributed by atoms with Crippen LogP contribution in [0.25, 0.3) is 0 Å². The van der Waals surface area contributed by atoms with E-state index in [0.29, 0.717) is 12.0 Å². The highest BCUT2D eigenvalue weighted by molar-refractivity contribution is 7.12. The zero-order chi connectivity index (χ0) is 14.1. The van der Waals surface area contributed by atoms with E-state index in [1.54, 1.807) is 16.0 Å². The number of aryl methyl sites for hydroxylation is 2. The van der Waals surface area contributed by atoms with Gasteiger partial charge in [0.05, 0.1) is 0 Å². The van der Waals surface area contributed by atoms with Gasteiger partial charge in [0.1, 0.15) is 0 Å². The fraction of sp³-hybridized carbons (Fsp3) is 0.444. The first-order chi connectivity index (χ1) is 9.69. The molecule has 0 radical (unpaired) electrons. The molecule has 0 fully saturated rings. The molecule has 3 rings (SSSR count). The third-order valence-electron chi connectivity index (χ3n) is 4.34. The minimum atomic E-state index is 0.506. The molecule has 2 aromatic rings. The largest absolute Gasteiger partial charge is 0.309 e. The van der Waals surface area contributed by atoms with E-state index < -0.39 is 0 Å². The Morgan fingerprint density at radius 1 is 1.20 bits per heavy atom. The van der Waals surface area contributed by atoms with Gasteiger partial charge in [-0.15, -0.1) is 11.3 Å². The maximum absolute atomic E-state index is 3.74. The summed E-state index contributed by atoms with van der Waals surface area (Å²) in [5.41, 5.74) is 4.55. The molecule has 1 heterocycles. The summed E-state index contributed by atoms with van der Waals surface area (Å²) in [7, 11) is 0. The smallest absolute Gasteiger partial charge is 0.0452 e. The lowest BCUT2D eigenvalue weighted by atomic mass is 9.93. The molecule has 0 saturated carbocycles. The second-order valence-corrected chi connectivity index (χ2v) is 7.16. The van der Waals surface area contributed by atoms with Crippen LogP contribution in [0.1, 0.15) is 39.4 Å². The van der Waals surface area contributed by atoms with Crippen LogP contribution in [0.5, 0.6) is 0 Å². The Bertz CT molecular complexity index is 574. The summed E-state index contributed by atoms with van der Waals surface area (Å²) in [6, 6.07) is 11.8. The Kier molecular flexibility index (Phi) is 3.95. The maximum Gasteiger partial charge on any atom is 0.0452 e. The van der Waals surface area contributed by atoms with Crippen LogP contribution in [-0.2, 0) is 12.8 Å². The molecule has 1 nitrogen and oxygen atoms in total. The molecule has 0 saturated heterocycles. The molecule has 1 aromatic heterocycles. The zero-order valence-corrected chi connectivity index (χ0v) is 13.4. The van der Waals surface area contributed by atoms with Crippen molar-refractivity contribution in [3.8, 4) is 0 Å². The highest BCUT2D eigenvalue weighted by Gasteiger charge is 2.30. The van der Waals surface area contributed by atoms with Gasteiger partial charge < -0.3 is 5.32 Å². The molecule has 0 spiro atoms. The standard InChI is InChI=1S/C18H23NS/c1-4-19-17(18-12(2)9-13(3)20-18)16-10-14-7-5-6-8-15(14)11-16/h5-9,16-17,19H,4,10-11H2,1-3H3. The molecule has 1 aromatic carbocycles. The maximum atomic E-state index is 3.74. The van der Waals surface area contributed by atoms with Crippen molar-refractivity contribution in [1.82, 2.24) is 5.32 Å². The third-order valence-corrected chi connectivity index (χ3v) is 5.58. The lowest BCUT2D eigenvalue weighted by Gasteiger charge is -2.24. The van der Waals surface area contributed by atoms with Gasteiger partial charge in [0.15, 0.2) is 0 Å². The van der Waals surface area contributed by atoms with E-state index in [4.69, 9.17) is 0 Å². The van der Waals surface area contributed by atoms with E-state index >= 15 is 0 Å². The third kappa shape index (κ3) is 2.55. The van der Waals surface area contributed by atoms with Gasteiger partial charge in [-0.3, -0.25) is 0 Å². The van der Waals surface area contributed by atoms with E-state index in [1.807, 2.05) is 11.3 Å². The summed E-state index contributed by atoms with van der Waals surface area (Å²) in [5.74, 6) is 0.698. The molecule has 106 valence electrons. The lowest BCUT2D eigenvalue weighted by Crippen LogP contribution is -2.28. The molecule has 1 aliphatic rings. The molecule has 2 heteroatoms. The molecular formula is C18H23NS. The van der Waals surface area contributed by atoms with Crippen molar-refractivity contribution in [3.05, 3.63) is 56.8 Å². The molecular weight excluding hydrogens is 262 g/mol. The summed E-state index contributed by atoms with van der Waals surface area (Å²) in [6.07, 6.45) is 2.43. The van der Waals surface area contributed by atoms with Crippen LogP contribution in [0, 0.1) is 19.8 Å². The van der Waals surface area contributed by atoms with Gasteiger partial charge >= 0.3 is 0 Å². The molecule has 0 bridgehead atoms. The number of hydrogen-bond acceptors (Lipinski definition) is 2. The van der Waals surface area contributed by atoms with Gasteiger partial charge in [-0.1, -0.05) is 31.2 Å². The number of nitrogens with one attached hydrogen (secondary N) is 1. The molecule has 1 N–H and O–H groups in total. The quantitative estimate of drug-likeness (QED) is 0.876. The predicted octanol–water partition coefficient (Wildman–Crippen LogP) is 4.43. The van der Waals surface area contributed by atoms with Gasteiger partial charge in [0, 0.05) is 15.8 Å². The van der Waals surface area contributed by atoms with Gasteiger partial charge in [-0.2, -0.15) is 0 Å². The number of benzene rings is 1. The average molecular weight is 285 g/mol. The first kappa shape index (κ1) is 13.8. The van der Waals surface area contributed by atoms with Crippen molar-refractivity contribution in [2.45, 2.75) is 39.7 Å². The van der Waals surface area contributed by atoms with Crippen molar-refractivity contribution in [1.29, 1.82) is 0 Å². The first-order valence-corrected chi connectivity index (χ1v) is 8.37. The second kappa shape index (κ2) is 5.71. The lowest BCUT2D eigenvalue weighted by molar-refractivity contribution is 0.385. The highest BCUT2D eigenvalue weighted by atomic mass is 32.1. The molecule has 0 aliphatic heterocycles. The molecule has 20 heavy (non-hydrogen) atoms. The number of hydrogen-bond donors (Lipinski definition) is 1. The normalized spacial score (nSPS) is 16.4. The van der Waals surface area contributed by atoms with Crippen LogP contribution >= 0.6 is 11.3 Å². The van der Waals surface area contributed by atoms with Gasteiger partial charge in [-0.05, 0) is 61.9 Å². The van der Waals surface area contributed by atoms with E-state index in [9.17, 15) is 0 Å². The summed E-state index contributed by atoms with van der Waals surface area (Å²) >= 11 is 1.97. The highest BCUT2D eigenvalue weighted by Crippen LogP contribution is 2.39. The Morgan fingerprint density at radius 3 is 2.35 bits per heavy atom. The average Bonchev–Trinajstić information content (AvgIpc) is 2.99. The topological polar surface area (TPSA) is 12.0 Å². The van der Waals surface area contributed by atoms with Crippen molar-refractivity contribution < 1.29 is 0 Å². The first-order valence-electron chi connectivity index (χ1n) is 7.56. The zero-order valence-electron chi connectivity index (χ0n) is 12.6. The Balaban J connectivity index is 1.88. The molecule has 1 aliphatic carbocycles. The fourth-order valence-corrected chi connectivity index (χ4v) is 4.70. The molecule has 1 atom stereocenters. The van der Waals surface area contributed by atoms with Crippen molar-refractivity contribution in [3.63, 3.8) is 0 Å². The predicted molar refractivity (Wildman–Crippen MR) is 87.6 cm³/mol. The summed E-state index contributed by atoms with van der Waals surface area (Å²) < 4.78 is 0. The van der Waals surface area contributed by atoms with E-state index in [2.05, 4.69) is 56.4 Å². The van der Waals surface area contributed by atoms with Gasteiger partial charge in [0.25, 0.3) is 0 Å². The molecule has 0 amide bonds. The minimum absolute atomic E-state index is 0.506. The van der Waals surface area contributed by atoms with E-state index in [0.717, 1.165) is 6.54 Å². The monoisotopic (exact) mass is 285 g/mol. The van der Waals surface area contributed by atoms with E-state index in [1.165, 1.54) is 23.3 Å². The van der Waals surface area contributed by atoms with Crippen LogP contribution < -0.4 is 5.32 Å². The van der Waals surface area contributed by atoms with E-state index in [-0.39, 0.29) is 0 Å². The number of thiophene rings is 1. The van der Waals surface area contributed by atoms with Crippen LogP contribution in [0.3, 0.4) is 0 Å². The SMILES string of the molecule is CCNC(c1sc(C)cc1C)C1Cc2ccccc2C1. The Labute approximate surface area is 126 Å².